The van der Waals surface area contributed by atoms with Gasteiger partial charge in [0.15, 0.2) is 6.10 Å². The Labute approximate surface area is 91.0 Å². The van der Waals surface area contributed by atoms with E-state index in [2.05, 4.69) is 6.07 Å². The van der Waals surface area contributed by atoms with Crippen LogP contribution in [0.25, 0.3) is 0 Å². The molecule has 4 nitrogen and oxygen atoms in total. The Hall–Kier alpha value is -0.630. The van der Waals surface area contributed by atoms with Crippen LogP contribution in [-0.4, -0.2) is 24.4 Å². The summed E-state index contributed by atoms with van der Waals surface area (Å²) in [5.41, 5.74) is -0.383. The van der Waals surface area contributed by atoms with E-state index >= 15 is 0 Å². The van der Waals surface area contributed by atoms with E-state index < -0.39 is 6.10 Å². The maximum atomic E-state index is 8.87. The van der Waals surface area contributed by atoms with Gasteiger partial charge < -0.3 is 4.74 Å². The summed E-state index contributed by atoms with van der Waals surface area (Å²) in [6.45, 7) is 6.44. The number of nitrogens with zero attached hydrogens (tertiary/aromatic N) is 1. The predicted octanol–water partition coefficient (Wildman–Crippen LogP) is 2.19. The van der Waals surface area contributed by atoms with Gasteiger partial charge in [-0.2, -0.15) is 5.26 Å². The molecule has 0 N–H and O–H groups in total. The van der Waals surface area contributed by atoms with Crippen LogP contribution in [0.2, 0.25) is 0 Å². The lowest BCUT2D eigenvalue weighted by Gasteiger charge is -2.21. The molecule has 1 fully saturated rings. The van der Waals surface area contributed by atoms with Crippen LogP contribution in [0.15, 0.2) is 0 Å². The smallest absolute Gasteiger partial charge is 0.181 e. The van der Waals surface area contributed by atoms with Gasteiger partial charge >= 0.3 is 0 Å². The topological polar surface area (TPSA) is 51.5 Å². The summed E-state index contributed by atoms with van der Waals surface area (Å²) in [7, 11) is 0. The highest BCUT2D eigenvalue weighted by molar-refractivity contribution is 4.86. The Morgan fingerprint density at radius 2 is 2.27 bits per heavy atom. The first kappa shape index (κ1) is 12.4. The second kappa shape index (κ2) is 5.45. The van der Waals surface area contributed by atoms with E-state index in [0.29, 0.717) is 6.42 Å². The molecule has 0 aromatic heterocycles. The molecule has 0 aromatic rings. The predicted molar refractivity (Wildman–Crippen MR) is 54.9 cm³/mol. The number of hydrogen-bond acceptors (Lipinski definition) is 4. The summed E-state index contributed by atoms with van der Waals surface area (Å²) in [4.78, 5) is 10.2. The third-order valence-corrected chi connectivity index (χ3v) is 2.06. The first-order valence-corrected chi connectivity index (χ1v) is 5.37. The summed E-state index contributed by atoms with van der Waals surface area (Å²) in [5, 5.41) is 8.87. The first-order chi connectivity index (χ1) is 7.01. The van der Waals surface area contributed by atoms with Gasteiger partial charge in [0.25, 0.3) is 0 Å². The minimum absolute atomic E-state index is 0.151. The minimum Gasteiger partial charge on any atom is -0.378 e. The fourth-order valence-corrected chi connectivity index (χ4v) is 1.38. The summed E-state index contributed by atoms with van der Waals surface area (Å²) < 4.78 is 5.43. The lowest BCUT2D eigenvalue weighted by Crippen LogP contribution is -2.26. The molecule has 1 heterocycles. The molecule has 0 amide bonds. The van der Waals surface area contributed by atoms with Crippen molar-refractivity contribution in [1.29, 1.82) is 5.26 Å². The molecule has 0 saturated carbocycles. The van der Waals surface area contributed by atoms with Gasteiger partial charge in [-0.1, -0.05) is 0 Å². The molecule has 2 unspecified atom stereocenters. The fourth-order valence-electron chi connectivity index (χ4n) is 1.38. The van der Waals surface area contributed by atoms with Crippen molar-refractivity contribution in [2.45, 2.75) is 57.8 Å². The van der Waals surface area contributed by atoms with E-state index in [1.54, 1.807) is 0 Å². The number of nitriles is 1. The molecule has 0 bridgehead atoms. The van der Waals surface area contributed by atoms with Crippen molar-refractivity contribution in [3.63, 3.8) is 0 Å². The van der Waals surface area contributed by atoms with Gasteiger partial charge in [0, 0.05) is 13.0 Å². The zero-order valence-corrected chi connectivity index (χ0v) is 9.66. The van der Waals surface area contributed by atoms with Gasteiger partial charge in [-0.15, -0.1) is 0 Å². The van der Waals surface area contributed by atoms with Crippen molar-refractivity contribution in [3.05, 3.63) is 0 Å². The fraction of sp³-hybridized carbons (Fsp3) is 0.909. The Bertz CT molecular complexity index is 223. The van der Waals surface area contributed by atoms with E-state index in [1.807, 2.05) is 20.8 Å². The Balaban J connectivity index is 2.27. The van der Waals surface area contributed by atoms with Crippen LogP contribution in [0.5, 0.6) is 0 Å². The molecule has 0 aromatic carbocycles. The van der Waals surface area contributed by atoms with Gasteiger partial charge in [0.1, 0.15) is 0 Å². The first-order valence-electron chi connectivity index (χ1n) is 5.37. The zero-order valence-electron chi connectivity index (χ0n) is 9.66. The van der Waals surface area contributed by atoms with Crippen molar-refractivity contribution in [2.24, 2.45) is 0 Å². The molecule has 4 heteroatoms. The van der Waals surface area contributed by atoms with Crippen LogP contribution in [0, 0.1) is 11.3 Å². The van der Waals surface area contributed by atoms with E-state index in [1.165, 1.54) is 0 Å². The van der Waals surface area contributed by atoms with E-state index in [4.69, 9.17) is 19.8 Å². The lowest BCUT2D eigenvalue weighted by atomic mass is 10.1. The Morgan fingerprint density at radius 1 is 1.53 bits per heavy atom. The molecular weight excluding hydrogens is 194 g/mol. The average Bonchev–Trinajstić information content (AvgIpc) is 2.63. The van der Waals surface area contributed by atoms with Crippen LogP contribution >= 0.6 is 0 Å². The van der Waals surface area contributed by atoms with Gasteiger partial charge in [-0.25, -0.2) is 9.78 Å². The lowest BCUT2D eigenvalue weighted by molar-refractivity contribution is -0.365. The molecule has 0 aliphatic carbocycles. The maximum absolute atomic E-state index is 8.87. The van der Waals surface area contributed by atoms with Crippen LogP contribution < -0.4 is 0 Å². The average molecular weight is 213 g/mol. The highest BCUT2D eigenvalue weighted by atomic mass is 17.2. The summed E-state index contributed by atoms with van der Waals surface area (Å²) in [5.74, 6) is 0. The number of ether oxygens (including phenoxy) is 1. The van der Waals surface area contributed by atoms with Gasteiger partial charge in [0.05, 0.1) is 17.8 Å². The molecule has 1 saturated heterocycles. The minimum atomic E-state index is -0.535. The van der Waals surface area contributed by atoms with Crippen molar-refractivity contribution in [2.75, 3.05) is 6.61 Å². The summed E-state index contributed by atoms with van der Waals surface area (Å²) in [6, 6.07) is 2.07. The molecule has 1 rings (SSSR count). The molecule has 1 aliphatic rings. The van der Waals surface area contributed by atoms with Gasteiger partial charge in [-0.05, 0) is 33.6 Å². The van der Waals surface area contributed by atoms with Gasteiger partial charge in [-0.3, -0.25) is 0 Å². The quantitative estimate of drug-likeness (QED) is 0.530. The van der Waals surface area contributed by atoms with E-state index in [0.717, 1.165) is 19.4 Å². The molecule has 15 heavy (non-hydrogen) atoms. The SMILES string of the molecule is CC(C)(C)OOC(C#N)CC1CCCO1. The standard InChI is InChI=1S/C11H19NO3/c1-11(2,3)15-14-10(8-12)7-9-5-4-6-13-9/h9-10H,4-7H2,1-3H3. The van der Waals surface area contributed by atoms with Crippen molar-refractivity contribution in [1.82, 2.24) is 0 Å². The highest BCUT2D eigenvalue weighted by Gasteiger charge is 2.23. The normalized spacial score (nSPS) is 23.7. The molecule has 2 atom stereocenters. The monoisotopic (exact) mass is 213 g/mol. The molecule has 0 radical (unpaired) electrons. The van der Waals surface area contributed by atoms with Crippen LogP contribution in [-0.2, 0) is 14.5 Å². The second-order valence-corrected chi connectivity index (χ2v) is 4.78. The molecular formula is C11H19NO3. The van der Waals surface area contributed by atoms with Crippen LogP contribution in [0.3, 0.4) is 0 Å². The van der Waals surface area contributed by atoms with Crippen LogP contribution in [0.1, 0.15) is 40.0 Å². The molecule has 86 valence electrons. The van der Waals surface area contributed by atoms with Crippen LogP contribution in [0.4, 0.5) is 0 Å². The highest BCUT2D eigenvalue weighted by Crippen LogP contribution is 2.19. The molecule has 1 aliphatic heterocycles. The largest absolute Gasteiger partial charge is 0.378 e. The second-order valence-electron chi connectivity index (χ2n) is 4.78. The summed E-state index contributed by atoms with van der Waals surface area (Å²) >= 11 is 0. The third-order valence-electron chi connectivity index (χ3n) is 2.06. The number of rotatable bonds is 4. The molecule has 0 spiro atoms. The van der Waals surface area contributed by atoms with Gasteiger partial charge in [0.2, 0.25) is 0 Å². The summed E-state index contributed by atoms with van der Waals surface area (Å²) in [6.07, 6.45) is 2.29. The zero-order chi connectivity index (χ0) is 11.3. The maximum Gasteiger partial charge on any atom is 0.181 e. The Morgan fingerprint density at radius 3 is 2.73 bits per heavy atom. The third kappa shape index (κ3) is 5.12. The van der Waals surface area contributed by atoms with E-state index in [9.17, 15) is 0 Å². The van der Waals surface area contributed by atoms with Crippen molar-refractivity contribution >= 4 is 0 Å². The number of hydrogen-bond donors (Lipinski definition) is 0. The van der Waals surface area contributed by atoms with E-state index in [-0.39, 0.29) is 11.7 Å². The van der Waals surface area contributed by atoms with Crippen molar-refractivity contribution in [3.8, 4) is 6.07 Å². The van der Waals surface area contributed by atoms with Crippen molar-refractivity contribution < 1.29 is 14.5 Å². The Kier molecular flexibility index (Phi) is 4.52.